The van der Waals surface area contributed by atoms with Crippen molar-refractivity contribution in [2.24, 2.45) is 5.92 Å². The first-order valence-electron chi connectivity index (χ1n) is 7.16. The molecule has 0 saturated carbocycles. The predicted molar refractivity (Wildman–Crippen MR) is 78.4 cm³/mol. The Hall–Kier alpha value is -0.710. The van der Waals surface area contributed by atoms with Crippen LogP contribution in [0.15, 0.2) is 0 Å². The number of hydrogen-bond donors (Lipinski definition) is 1. The molecule has 2 unspecified atom stereocenters. The van der Waals surface area contributed by atoms with Gasteiger partial charge in [-0.25, -0.2) is 4.79 Å². The first-order valence-corrected chi connectivity index (χ1v) is 8.31. The van der Waals surface area contributed by atoms with Crippen molar-refractivity contribution in [2.45, 2.75) is 52.0 Å². The zero-order valence-electron chi connectivity index (χ0n) is 11.9. The molecule has 4 nitrogen and oxygen atoms in total. The number of carboxylic acids is 1. The molecule has 1 aliphatic rings. The fourth-order valence-electron chi connectivity index (χ4n) is 2.33. The van der Waals surface area contributed by atoms with Gasteiger partial charge >= 0.3 is 5.97 Å². The quantitative estimate of drug-likeness (QED) is 0.731. The summed E-state index contributed by atoms with van der Waals surface area (Å²) in [6.45, 7) is 4.80. The van der Waals surface area contributed by atoms with E-state index in [0.29, 0.717) is 25.3 Å². The van der Waals surface area contributed by atoms with Gasteiger partial charge in [-0.3, -0.25) is 4.79 Å². The molecule has 0 spiro atoms. The Morgan fingerprint density at radius 3 is 2.74 bits per heavy atom. The maximum Gasteiger partial charge on any atom is 0.326 e. The van der Waals surface area contributed by atoms with Crippen molar-refractivity contribution < 1.29 is 14.7 Å². The fourth-order valence-corrected chi connectivity index (χ4v) is 3.34. The molecule has 19 heavy (non-hydrogen) atoms. The van der Waals surface area contributed by atoms with E-state index in [0.717, 1.165) is 17.9 Å². The molecule has 0 radical (unpaired) electrons. The molecule has 0 bridgehead atoms. The second-order valence-corrected chi connectivity index (χ2v) is 6.51. The number of piperidine rings is 1. The summed E-state index contributed by atoms with van der Waals surface area (Å²) in [5.41, 5.74) is 0. The Bertz CT molecular complexity index is 309. The number of unbranched alkanes of at least 4 members (excludes halogenated alkanes) is 1. The van der Waals surface area contributed by atoms with E-state index < -0.39 is 12.0 Å². The van der Waals surface area contributed by atoms with Crippen molar-refractivity contribution >= 4 is 23.6 Å². The minimum absolute atomic E-state index is 0.00305. The third-order valence-electron chi connectivity index (χ3n) is 3.57. The normalized spacial score (nSPS) is 23.4. The standard InChI is InChI=1S/C14H25NO3S/c1-3-4-8-19-9-6-13(16)15-7-5-11(2)10-12(15)14(17)18/h11-12H,3-10H2,1-2H3,(H,17,18). The van der Waals surface area contributed by atoms with Crippen LogP contribution >= 0.6 is 11.8 Å². The van der Waals surface area contributed by atoms with Gasteiger partial charge in [-0.2, -0.15) is 11.8 Å². The van der Waals surface area contributed by atoms with Gasteiger partial charge in [0.2, 0.25) is 5.91 Å². The Morgan fingerprint density at radius 1 is 1.37 bits per heavy atom. The zero-order chi connectivity index (χ0) is 14.3. The first-order chi connectivity index (χ1) is 9.06. The molecule has 0 aliphatic carbocycles. The van der Waals surface area contributed by atoms with Gasteiger partial charge in [0.25, 0.3) is 0 Å². The van der Waals surface area contributed by atoms with Gasteiger partial charge in [0.15, 0.2) is 0 Å². The lowest BCUT2D eigenvalue weighted by Gasteiger charge is -2.36. The van der Waals surface area contributed by atoms with Gasteiger partial charge in [0.05, 0.1) is 0 Å². The average Bonchev–Trinajstić information content (AvgIpc) is 2.38. The molecule has 2 atom stereocenters. The Morgan fingerprint density at radius 2 is 2.11 bits per heavy atom. The second kappa shape index (κ2) is 8.46. The molecular weight excluding hydrogens is 262 g/mol. The average molecular weight is 287 g/mol. The van der Waals surface area contributed by atoms with Crippen molar-refractivity contribution in [3.8, 4) is 0 Å². The maximum atomic E-state index is 12.1. The van der Waals surface area contributed by atoms with Gasteiger partial charge in [0.1, 0.15) is 6.04 Å². The van der Waals surface area contributed by atoms with E-state index in [1.54, 1.807) is 16.7 Å². The van der Waals surface area contributed by atoms with Crippen LogP contribution in [0.5, 0.6) is 0 Å². The van der Waals surface area contributed by atoms with Crippen LogP contribution in [0.25, 0.3) is 0 Å². The minimum Gasteiger partial charge on any atom is -0.480 e. The highest BCUT2D eigenvalue weighted by Crippen LogP contribution is 2.23. The van der Waals surface area contributed by atoms with Crippen LogP contribution < -0.4 is 0 Å². The summed E-state index contributed by atoms with van der Waals surface area (Å²) in [4.78, 5) is 24.9. The molecule has 1 heterocycles. The van der Waals surface area contributed by atoms with Crippen LogP contribution in [0.3, 0.4) is 0 Å². The third kappa shape index (κ3) is 5.43. The molecule has 0 aromatic rings. The highest BCUT2D eigenvalue weighted by molar-refractivity contribution is 7.99. The van der Waals surface area contributed by atoms with E-state index in [1.807, 2.05) is 0 Å². The summed E-state index contributed by atoms with van der Waals surface area (Å²) in [6.07, 6.45) is 4.32. The molecule has 5 heteroatoms. The number of amides is 1. The lowest BCUT2D eigenvalue weighted by Crippen LogP contribution is -2.49. The molecule has 0 aromatic carbocycles. The lowest BCUT2D eigenvalue weighted by atomic mass is 9.92. The molecule has 1 fully saturated rings. The molecular formula is C14H25NO3S. The number of thioether (sulfide) groups is 1. The summed E-state index contributed by atoms with van der Waals surface area (Å²) >= 11 is 1.79. The van der Waals surface area contributed by atoms with Crippen LogP contribution in [-0.4, -0.2) is 46.0 Å². The van der Waals surface area contributed by atoms with Crippen molar-refractivity contribution in [2.75, 3.05) is 18.1 Å². The van der Waals surface area contributed by atoms with E-state index in [1.165, 1.54) is 12.8 Å². The summed E-state index contributed by atoms with van der Waals surface area (Å²) < 4.78 is 0. The van der Waals surface area contributed by atoms with Crippen LogP contribution in [0, 0.1) is 5.92 Å². The number of carbonyl (C=O) groups is 2. The van der Waals surface area contributed by atoms with Gasteiger partial charge in [-0.05, 0) is 30.9 Å². The SMILES string of the molecule is CCCCSCCC(=O)N1CCC(C)CC1C(=O)O. The molecule has 1 N–H and O–H groups in total. The molecule has 0 aromatic heterocycles. The van der Waals surface area contributed by atoms with Crippen molar-refractivity contribution in [3.63, 3.8) is 0 Å². The fraction of sp³-hybridized carbons (Fsp3) is 0.857. The van der Waals surface area contributed by atoms with E-state index in [-0.39, 0.29) is 5.91 Å². The van der Waals surface area contributed by atoms with Crippen LogP contribution in [0.1, 0.15) is 46.0 Å². The van der Waals surface area contributed by atoms with Crippen molar-refractivity contribution in [3.05, 3.63) is 0 Å². The van der Waals surface area contributed by atoms with E-state index in [2.05, 4.69) is 13.8 Å². The van der Waals surface area contributed by atoms with E-state index in [4.69, 9.17) is 0 Å². The number of rotatable bonds is 7. The maximum absolute atomic E-state index is 12.1. The van der Waals surface area contributed by atoms with Crippen molar-refractivity contribution in [1.82, 2.24) is 4.90 Å². The van der Waals surface area contributed by atoms with Gasteiger partial charge in [-0.1, -0.05) is 20.3 Å². The number of aliphatic carboxylic acids is 1. The number of carboxylic acid groups (broad SMARTS) is 1. The van der Waals surface area contributed by atoms with E-state index >= 15 is 0 Å². The Balaban J connectivity index is 2.38. The highest BCUT2D eigenvalue weighted by atomic mass is 32.2. The van der Waals surface area contributed by atoms with Crippen LogP contribution in [0.4, 0.5) is 0 Å². The molecule has 1 rings (SSSR count). The topological polar surface area (TPSA) is 57.6 Å². The molecule has 1 amide bonds. The highest BCUT2D eigenvalue weighted by Gasteiger charge is 2.34. The molecule has 1 aliphatic heterocycles. The number of hydrogen-bond acceptors (Lipinski definition) is 3. The number of nitrogens with zero attached hydrogens (tertiary/aromatic N) is 1. The largest absolute Gasteiger partial charge is 0.480 e. The second-order valence-electron chi connectivity index (χ2n) is 5.29. The summed E-state index contributed by atoms with van der Waals surface area (Å²) in [5, 5.41) is 9.22. The lowest BCUT2D eigenvalue weighted by molar-refractivity contribution is -0.152. The Kier molecular flexibility index (Phi) is 7.28. The third-order valence-corrected chi connectivity index (χ3v) is 4.64. The van der Waals surface area contributed by atoms with E-state index in [9.17, 15) is 14.7 Å². The minimum atomic E-state index is -0.862. The van der Waals surface area contributed by atoms with Crippen LogP contribution in [-0.2, 0) is 9.59 Å². The monoisotopic (exact) mass is 287 g/mol. The summed E-state index contributed by atoms with van der Waals surface area (Å²) in [5.74, 6) is 1.42. The van der Waals surface area contributed by atoms with Gasteiger partial charge < -0.3 is 10.0 Å². The summed E-state index contributed by atoms with van der Waals surface area (Å²) in [7, 11) is 0. The number of carbonyl (C=O) groups excluding carboxylic acids is 1. The van der Waals surface area contributed by atoms with Gasteiger partial charge in [0, 0.05) is 18.7 Å². The van der Waals surface area contributed by atoms with Gasteiger partial charge in [-0.15, -0.1) is 0 Å². The smallest absolute Gasteiger partial charge is 0.326 e. The molecule has 110 valence electrons. The zero-order valence-corrected chi connectivity index (χ0v) is 12.7. The molecule has 1 saturated heterocycles. The number of likely N-dealkylation sites (tertiary alicyclic amines) is 1. The summed E-state index contributed by atoms with van der Waals surface area (Å²) in [6, 6.07) is -0.614. The van der Waals surface area contributed by atoms with Crippen LogP contribution in [0.2, 0.25) is 0 Å². The van der Waals surface area contributed by atoms with Crippen molar-refractivity contribution in [1.29, 1.82) is 0 Å². The first kappa shape index (κ1) is 16.3. The Labute approximate surface area is 119 Å². The predicted octanol–water partition coefficient (Wildman–Crippen LogP) is 2.62.